The molecule has 0 amide bonds. The summed E-state index contributed by atoms with van der Waals surface area (Å²) in [5.41, 5.74) is 2.18. The Labute approximate surface area is 130 Å². The minimum Gasteiger partial charge on any atom is -0.192 e. The van der Waals surface area contributed by atoms with Crippen molar-refractivity contribution in [2.75, 3.05) is 0 Å². The number of hydrogen-bond acceptors (Lipinski definition) is 1. The molecule has 0 aliphatic heterocycles. The van der Waals surface area contributed by atoms with Crippen molar-refractivity contribution in [2.24, 2.45) is 5.92 Å². The Balaban J connectivity index is 1.74. The first-order valence-electron chi connectivity index (χ1n) is 8.84. The van der Waals surface area contributed by atoms with Crippen molar-refractivity contribution in [3.05, 3.63) is 35.4 Å². The molecule has 114 valence electrons. The maximum atomic E-state index is 9.24. The maximum absolute atomic E-state index is 9.24. The van der Waals surface area contributed by atoms with Gasteiger partial charge in [0.1, 0.15) is 0 Å². The van der Waals surface area contributed by atoms with Crippen molar-refractivity contribution < 1.29 is 0 Å². The highest BCUT2D eigenvalue weighted by Gasteiger charge is 2.23. The molecule has 1 aliphatic carbocycles. The van der Waals surface area contributed by atoms with Gasteiger partial charge in [0.15, 0.2) is 0 Å². The van der Waals surface area contributed by atoms with Gasteiger partial charge in [-0.15, -0.1) is 0 Å². The summed E-state index contributed by atoms with van der Waals surface area (Å²) in [5.74, 6) is 1.56. The van der Waals surface area contributed by atoms with Gasteiger partial charge in [-0.25, -0.2) is 0 Å². The third-order valence-electron chi connectivity index (χ3n) is 5.08. The molecular formula is C20H29N. The van der Waals surface area contributed by atoms with E-state index in [2.05, 4.69) is 25.1 Å². The van der Waals surface area contributed by atoms with E-state index in [1.807, 2.05) is 12.1 Å². The van der Waals surface area contributed by atoms with Crippen LogP contribution in [0.4, 0.5) is 0 Å². The molecule has 1 heteroatoms. The number of nitriles is 1. The number of unbranched alkanes of at least 4 members (excludes halogenated alkanes) is 4. The van der Waals surface area contributed by atoms with E-state index in [0.717, 1.165) is 11.5 Å². The second-order valence-electron chi connectivity index (χ2n) is 6.62. The van der Waals surface area contributed by atoms with Crippen molar-refractivity contribution in [3.63, 3.8) is 0 Å². The third-order valence-corrected chi connectivity index (χ3v) is 5.08. The number of benzene rings is 1. The van der Waals surface area contributed by atoms with Crippen LogP contribution in [0.1, 0.15) is 88.2 Å². The lowest BCUT2D eigenvalue weighted by Crippen LogP contribution is -2.14. The fourth-order valence-electron chi connectivity index (χ4n) is 3.75. The topological polar surface area (TPSA) is 23.8 Å². The molecule has 0 N–H and O–H groups in total. The Morgan fingerprint density at radius 3 is 2.43 bits per heavy atom. The van der Waals surface area contributed by atoms with Gasteiger partial charge in [0.25, 0.3) is 0 Å². The molecule has 21 heavy (non-hydrogen) atoms. The smallest absolute Gasteiger partial charge is 0.0994 e. The maximum Gasteiger partial charge on any atom is 0.0994 e. The Hall–Kier alpha value is -1.29. The third kappa shape index (κ3) is 4.88. The van der Waals surface area contributed by atoms with Crippen molar-refractivity contribution in [1.82, 2.24) is 0 Å². The zero-order chi connectivity index (χ0) is 14.9. The molecule has 0 bridgehead atoms. The highest BCUT2D eigenvalue weighted by Crippen LogP contribution is 2.38. The first-order chi connectivity index (χ1) is 10.3. The SMILES string of the molecule is CCCCCCCC1CCC(c2ccccc2C#N)CC1. The molecule has 0 unspecified atom stereocenters. The zero-order valence-electron chi connectivity index (χ0n) is 13.5. The molecule has 0 saturated heterocycles. The molecule has 2 rings (SSSR count). The fraction of sp³-hybridized carbons (Fsp3) is 0.650. The van der Waals surface area contributed by atoms with Gasteiger partial charge >= 0.3 is 0 Å². The molecule has 1 saturated carbocycles. The normalized spacial score (nSPS) is 21.9. The van der Waals surface area contributed by atoms with E-state index in [4.69, 9.17) is 0 Å². The molecule has 1 fully saturated rings. The van der Waals surface area contributed by atoms with Gasteiger partial charge in [-0.05, 0) is 49.1 Å². The van der Waals surface area contributed by atoms with Crippen LogP contribution in [-0.4, -0.2) is 0 Å². The summed E-state index contributed by atoms with van der Waals surface area (Å²) in [6, 6.07) is 10.5. The lowest BCUT2D eigenvalue weighted by Gasteiger charge is -2.29. The lowest BCUT2D eigenvalue weighted by molar-refractivity contribution is 0.301. The van der Waals surface area contributed by atoms with Gasteiger partial charge in [-0.1, -0.05) is 63.6 Å². The average Bonchev–Trinajstić information content (AvgIpc) is 2.55. The molecule has 1 aromatic carbocycles. The summed E-state index contributed by atoms with van der Waals surface area (Å²) in [4.78, 5) is 0. The lowest BCUT2D eigenvalue weighted by atomic mass is 9.76. The molecule has 0 atom stereocenters. The standard InChI is InChI=1S/C20H29N/c1-2-3-4-5-6-9-17-12-14-18(15-13-17)20-11-8-7-10-19(20)16-21/h7-8,10-11,17-18H,2-6,9,12-15H2,1H3. The van der Waals surface area contributed by atoms with Gasteiger partial charge in [-0.3, -0.25) is 0 Å². The minimum absolute atomic E-state index is 0.622. The van der Waals surface area contributed by atoms with Crippen LogP contribution >= 0.6 is 0 Å². The largest absolute Gasteiger partial charge is 0.192 e. The van der Waals surface area contributed by atoms with Crippen LogP contribution < -0.4 is 0 Å². The van der Waals surface area contributed by atoms with Crippen molar-refractivity contribution in [1.29, 1.82) is 5.26 Å². The van der Waals surface area contributed by atoms with E-state index in [-0.39, 0.29) is 0 Å². The van der Waals surface area contributed by atoms with Crippen LogP contribution in [-0.2, 0) is 0 Å². The molecule has 1 aromatic rings. The molecule has 0 radical (unpaired) electrons. The molecule has 0 aromatic heterocycles. The Morgan fingerprint density at radius 2 is 1.71 bits per heavy atom. The van der Waals surface area contributed by atoms with Crippen LogP contribution in [0.3, 0.4) is 0 Å². The summed E-state index contributed by atoms with van der Waals surface area (Å²) in [5, 5.41) is 9.24. The second-order valence-corrected chi connectivity index (χ2v) is 6.62. The highest BCUT2D eigenvalue weighted by molar-refractivity contribution is 5.39. The van der Waals surface area contributed by atoms with E-state index in [1.165, 1.54) is 69.8 Å². The highest BCUT2D eigenvalue weighted by atomic mass is 14.3. The summed E-state index contributed by atoms with van der Waals surface area (Å²) >= 11 is 0. The Morgan fingerprint density at radius 1 is 1.00 bits per heavy atom. The van der Waals surface area contributed by atoms with Gasteiger partial charge < -0.3 is 0 Å². The minimum atomic E-state index is 0.622. The van der Waals surface area contributed by atoms with E-state index >= 15 is 0 Å². The second kappa shape index (κ2) is 8.88. The fourth-order valence-corrected chi connectivity index (χ4v) is 3.75. The summed E-state index contributed by atoms with van der Waals surface area (Å²) in [6.07, 6.45) is 13.7. The predicted octanol–water partition coefficient (Wildman–Crippen LogP) is 6.19. The van der Waals surface area contributed by atoms with Gasteiger partial charge in [0.05, 0.1) is 11.6 Å². The van der Waals surface area contributed by atoms with Crippen LogP contribution in [0.25, 0.3) is 0 Å². The molecule has 0 heterocycles. The van der Waals surface area contributed by atoms with Crippen LogP contribution in [0.2, 0.25) is 0 Å². The Kier molecular flexibility index (Phi) is 6.80. The van der Waals surface area contributed by atoms with E-state index < -0.39 is 0 Å². The van der Waals surface area contributed by atoms with E-state index in [0.29, 0.717) is 5.92 Å². The molecule has 1 aliphatic rings. The van der Waals surface area contributed by atoms with Crippen molar-refractivity contribution in [3.8, 4) is 6.07 Å². The predicted molar refractivity (Wildman–Crippen MR) is 89.2 cm³/mol. The van der Waals surface area contributed by atoms with Crippen molar-refractivity contribution in [2.45, 2.75) is 77.0 Å². The number of hydrogen-bond donors (Lipinski definition) is 0. The Bertz CT molecular complexity index is 449. The number of nitrogens with zero attached hydrogens (tertiary/aromatic N) is 1. The number of rotatable bonds is 7. The van der Waals surface area contributed by atoms with Gasteiger partial charge in [0, 0.05) is 0 Å². The van der Waals surface area contributed by atoms with Gasteiger partial charge in [-0.2, -0.15) is 5.26 Å². The van der Waals surface area contributed by atoms with Gasteiger partial charge in [0.2, 0.25) is 0 Å². The van der Waals surface area contributed by atoms with Crippen LogP contribution in [0.5, 0.6) is 0 Å². The zero-order valence-corrected chi connectivity index (χ0v) is 13.5. The molecule has 1 nitrogen and oxygen atoms in total. The van der Waals surface area contributed by atoms with Crippen molar-refractivity contribution >= 4 is 0 Å². The molecule has 0 spiro atoms. The molecular weight excluding hydrogens is 254 g/mol. The van der Waals surface area contributed by atoms with E-state index in [1.54, 1.807) is 0 Å². The summed E-state index contributed by atoms with van der Waals surface area (Å²) < 4.78 is 0. The first kappa shape index (κ1) is 16.1. The van der Waals surface area contributed by atoms with E-state index in [9.17, 15) is 5.26 Å². The quantitative estimate of drug-likeness (QED) is 0.547. The monoisotopic (exact) mass is 283 g/mol. The summed E-state index contributed by atoms with van der Waals surface area (Å²) in [6.45, 7) is 2.28. The average molecular weight is 283 g/mol. The van der Waals surface area contributed by atoms with Crippen LogP contribution in [0.15, 0.2) is 24.3 Å². The first-order valence-corrected chi connectivity index (χ1v) is 8.84. The van der Waals surface area contributed by atoms with Crippen LogP contribution in [0, 0.1) is 17.2 Å². The summed E-state index contributed by atoms with van der Waals surface area (Å²) in [7, 11) is 0.